The largest absolute Gasteiger partial charge is 0.289 e. The van der Waals surface area contributed by atoms with Crippen LogP contribution in [-0.4, -0.2) is 11.6 Å². The third-order valence-electron chi connectivity index (χ3n) is 4.98. The summed E-state index contributed by atoms with van der Waals surface area (Å²) in [6.07, 6.45) is 0.873. The normalized spacial score (nSPS) is 11.5. The fraction of sp³-hybridized carbons (Fsp3) is 0.0370. The van der Waals surface area contributed by atoms with Gasteiger partial charge in [-0.15, -0.1) is 0 Å². The van der Waals surface area contributed by atoms with Gasteiger partial charge < -0.3 is 0 Å². The molecule has 2 nitrogen and oxygen atoms in total. The lowest BCUT2D eigenvalue weighted by Gasteiger charge is -2.17. The van der Waals surface area contributed by atoms with Crippen LogP contribution in [0.4, 0.5) is 0 Å². The molecule has 0 unspecified atom stereocenters. The average molecular weight is 376 g/mol. The quantitative estimate of drug-likeness (QED) is 0.368. The molecule has 29 heavy (non-hydrogen) atoms. The molecule has 0 aliphatic heterocycles. The molecule has 4 aromatic rings. The molecular formula is C27H20O2. The van der Waals surface area contributed by atoms with Crippen LogP contribution in [0.3, 0.4) is 0 Å². The second-order valence-corrected chi connectivity index (χ2v) is 6.88. The maximum Gasteiger partial charge on any atom is 0.193 e. The van der Waals surface area contributed by atoms with E-state index in [0.29, 0.717) is 0 Å². The zero-order valence-corrected chi connectivity index (χ0v) is 15.9. The van der Waals surface area contributed by atoms with Gasteiger partial charge in [-0.25, -0.2) is 0 Å². The SMILES string of the molecule is O=C(c1ccccc1)c1ccccc1.O=C1c2ccccc2Cc2ccccc21. The van der Waals surface area contributed by atoms with E-state index in [1.807, 2.05) is 109 Å². The van der Waals surface area contributed by atoms with Crippen LogP contribution >= 0.6 is 0 Å². The molecule has 140 valence electrons. The van der Waals surface area contributed by atoms with Gasteiger partial charge >= 0.3 is 0 Å². The van der Waals surface area contributed by atoms with E-state index in [2.05, 4.69) is 0 Å². The van der Waals surface area contributed by atoms with Crippen LogP contribution in [0.2, 0.25) is 0 Å². The van der Waals surface area contributed by atoms with Crippen LogP contribution in [0.25, 0.3) is 0 Å². The van der Waals surface area contributed by atoms with E-state index in [0.717, 1.165) is 39.8 Å². The van der Waals surface area contributed by atoms with Crippen molar-refractivity contribution in [1.29, 1.82) is 0 Å². The number of carbonyl (C=O) groups is 2. The number of carbonyl (C=O) groups excluding carboxylic acids is 2. The van der Waals surface area contributed by atoms with Crippen molar-refractivity contribution in [2.45, 2.75) is 6.42 Å². The van der Waals surface area contributed by atoms with E-state index in [9.17, 15) is 9.59 Å². The molecule has 2 heteroatoms. The first-order valence-corrected chi connectivity index (χ1v) is 9.59. The van der Waals surface area contributed by atoms with E-state index >= 15 is 0 Å². The Hall–Kier alpha value is -3.78. The Kier molecular flexibility index (Phi) is 5.44. The third kappa shape index (κ3) is 4.07. The smallest absolute Gasteiger partial charge is 0.193 e. The minimum Gasteiger partial charge on any atom is -0.289 e. The van der Waals surface area contributed by atoms with Gasteiger partial charge in [-0.2, -0.15) is 0 Å². The molecule has 1 aliphatic rings. The van der Waals surface area contributed by atoms with Gasteiger partial charge in [0.2, 0.25) is 0 Å². The Morgan fingerprint density at radius 2 is 0.897 bits per heavy atom. The van der Waals surface area contributed by atoms with Gasteiger partial charge in [0, 0.05) is 22.3 Å². The Balaban J connectivity index is 0.000000142. The number of hydrogen-bond donors (Lipinski definition) is 0. The van der Waals surface area contributed by atoms with Gasteiger partial charge in [0.25, 0.3) is 0 Å². The molecule has 0 spiro atoms. The molecule has 4 aromatic carbocycles. The summed E-state index contributed by atoms with van der Waals surface area (Å²) >= 11 is 0. The van der Waals surface area contributed by atoms with Crippen LogP contribution in [0, 0.1) is 0 Å². The van der Waals surface area contributed by atoms with Crippen molar-refractivity contribution < 1.29 is 9.59 Å². The molecule has 0 amide bonds. The lowest BCUT2D eigenvalue weighted by Crippen LogP contribution is -2.14. The first kappa shape index (κ1) is 18.6. The fourth-order valence-electron chi connectivity index (χ4n) is 3.49. The van der Waals surface area contributed by atoms with Crippen LogP contribution in [0.15, 0.2) is 109 Å². The molecule has 5 rings (SSSR count). The van der Waals surface area contributed by atoms with Crippen LogP contribution in [0.5, 0.6) is 0 Å². The Morgan fingerprint density at radius 1 is 0.517 bits per heavy atom. The fourth-order valence-corrected chi connectivity index (χ4v) is 3.49. The van der Waals surface area contributed by atoms with Gasteiger partial charge in [-0.1, -0.05) is 109 Å². The molecule has 0 radical (unpaired) electrons. The highest BCUT2D eigenvalue weighted by Crippen LogP contribution is 2.26. The summed E-state index contributed by atoms with van der Waals surface area (Å²) < 4.78 is 0. The third-order valence-corrected chi connectivity index (χ3v) is 4.98. The van der Waals surface area contributed by atoms with E-state index in [-0.39, 0.29) is 11.6 Å². The van der Waals surface area contributed by atoms with Crippen molar-refractivity contribution in [1.82, 2.24) is 0 Å². The van der Waals surface area contributed by atoms with E-state index in [1.165, 1.54) is 0 Å². The zero-order chi connectivity index (χ0) is 20.1. The number of rotatable bonds is 2. The highest BCUT2D eigenvalue weighted by atomic mass is 16.1. The van der Waals surface area contributed by atoms with Crippen molar-refractivity contribution >= 4 is 11.6 Å². The van der Waals surface area contributed by atoms with Crippen molar-refractivity contribution in [2.75, 3.05) is 0 Å². The second-order valence-electron chi connectivity index (χ2n) is 6.88. The van der Waals surface area contributed by atoms with Crippen LogP contribution in [-0.2, 0) is 6.42 Å². The van der Waals surface area contributed by atoms with Crippen LogP contribution < -0.4 is 0 Å². The van der Waals surface area contributed by atoms with Gasteiger partial charge in [0.05, 0.1) is 0 Å². The highest BCUT2D eigenvalue weighted by Gasteiger charge is 2.21. The van der Waals surface area contributed by atoms with E-state index in [4.69, 9.17) is 0 Å². The molecule has 0 aromatic heterocycles. The topological polar surface area (TPSA) is 34.1 Å². The maximum absolute atomic E-state index is 12.1. The van der Waals surface area contributed by atoms with Crippen molar-refractivity contribution in [3.8, 4) is 0 Å². The molecule has 0 N–H and O–H groups in total. The second kappa shape index (κ2) is 8.49. The van der Waals surface area contributed by atoms with Crippen LogP contribution in [0.1, 0.15) is 43.0 Å². The summed E-state index contributed by atoms with van der Waals surface area (Å²) in [5, 5.41) is 0. The molecule has 0 heterocycles. The lowest BCUT2D eigenvalue weighted by atomic mass is 9.85. The predicted octanol–water partition coefficient (Wildman–Crippen LogP) is 5.74. The number of ketones is 2. The molecule has 1 aliphatic carbocycles. The summed E-state index contributed by atoms with van der Waals surface area (Å²) in [6.45, 7) is 0. The summed E-state index contributed by atoms with van der Waals surface area (Å²) in [6, 6.07) is 34.3. The Labute approximate surface area is 170 Å². The standard InChI is InChI=1S/C14H10O.C13H10O/c15-14-12-7-3-1-5-10(12)9-11-6-2-4-8-13(11)14;14-13(11-7-3-1-4-8-11)12-9-5-2-6-10-12/h1-8H,9H2;1-10H. The minimum absolute atomic E-state index is 0.0752. The van der Waals surface area contributed by atoms with Gasteiger partial charge in [0.15, 0.2) is 11.6 Å². The minimum atomic E-state index is 0.0752. The van der Waals surface area contributed by atoms with E-state index < -0.39 is 0 Å². The number of hydrogen-bond acceptors (Lipinski definition) is 2. The van der Waals surface area contributed by atoms with Crippen molar-refractivity contribution in [3.63, 3.8) is 0 Å². The highest BCUT2D eigenvalue weighted by molar-refractivity contribution is 6.12. The average Bonchev–Trinajstić information content (AvgIpc) is 2.80. The zero-order valence-electron chi connectivity index (χ0n) is 15.9. The van der Waals surface area contributed by atoms with Gasteiger partial charge in [-0.3, -0.25) is 9.59 Å². The maximum atomic E-state index is 12.1. The Bertz CT molecular complexity index is 1060. The first-order chi connectivity index (χ1) is 14.2. The summed E-state index contributed by atoms with van der Waals surface area (Å²) in [5.41, 5.74) is 5.46. The molecule has 0 saturated carbocycles. The summed E-state index contributed by atoms with van der Waals surface area (Å²) in [4.78, 5) is 24.0. The summed E-state index contributed by atoms with van der Waals surface area (Å²) in [5.74, 6) is 0.235. The number of fused-ring (bicyclic) bond motifs is 2. The lowest BCUT2D eigenvalue weighted by molar-refractivity contribution is 0.102. The van der Waals surface area contributed by atoms with Gasteiger partial charge in [-0.05, 0) is 17.5 Å². The molecule has 0 saturated heterocycles. The van der Waals surface area contributed by atoms with Gasteiger partial charge in [0.1, 0.15) is 0 Å². The first-order valence-electron chi connectivity index (χ1n) is 9.59. The van der Waals surface area contributed by atoms with Crippen molar-refractivity contribution in [3.05, 3.63) is 143 Å². The predicted molar refractivity (Wildman–Crippen MR) is 115 cm³/mol. The monoisotopic (exact) mass is 376 g/mol. The molecular weight excluding hydrogens is 356 g/mol. The van der Waals surface area contributed by atoms with Crippen molar-refractivity contribution in [2.24, 2.45) is 0 Å². The number of benzene rings is 4. The molecule has 0 atom stereocenters. The Morgan fingerprint density at radius 3 is 1.34 bits per heavy atom. The summed E-state index contributed by atoms with van der Waals surface area (Å²) in [7, 11) is 0. The van der Waals surface area contributed by atoms with E-state index in [1.54, 1.807) is 0 Å². The molecule has 0 fully saturated rings. The molecule has 0 bridgehead atoms.